The number of allylic oxidation sites excluding steroid dienone is 1. The van der Waals surface area contributed by atoms with Crippen LogP contribution in [0.5, 0.6) is 0 Å². The molecule has 20 heavy (non-hydrogen) atoms. The zero-order valence-electron chi connectivity index (χ0n) is 12.2. The maximum Gasteiger partial charge on any atom is 0.238 e. The van der Waals surface area contributed by atoms with Crippen molar-refractivity contribution in [3.05, 3.63) is 41.5 Å². The van der Waals surface area contributed by atoms with Crippen LogP contribution in [0.1, 0.15) is 56.6 Å². The van der Waals surface area contributed by atoms with Crippen molar-refractivity contribution in [3.8, 4) is 0 Å². The number of carbonyl (C=O) groups excluding carboxylic acids is 1. The van der Waals surface area contributed by atoms with Crippen LogP contribution in [0.15, 0.2) is 30.3 Å². The summed E-state index contributed by atoms with van der Waals surface area (Å²) in [6.45, 7) is 2.20. The smallest absolute Gasteiger partial charge is 0.238 e. The largest absolute Gasteiger partial charge is 0.298 e. The molecule has 0 saturated carbocycles. The zero-order chi connectivity index (χ0) is 14.2. The molecular formula is C17H24N2O. The fraction of sp³-hybridized carbons (Fsp3) is 0.471. The third-order valence-corrected chi connectivity index (χ3v) is 3.68. The minimum atomic E-state index is 0.0757. The van der Waals surface area contributed by atoms with Crippen LogP contribution in [0.25, 0.3) is 5.70 Å². The molecule has 1 aliphatic rings. The quantitative estimate of drug-likeness (QED) is 0.561. The Labute approximate surface area is 121 Å². The number of hydrogen-bond donors (Lipinski definition) is 2. The highest BCUT2D eigenvalue weighted by Crippen LogP contribution is 2.24. The Hall–Kier alpha value is -1.77. The molecule has 3 nitrogen and oxygen atoms in total. The Morgan fingerprint density at radius 2 is 1.95 bits per heavy atom. The summed E-state index contributed by atoms with van der Waals surface area (Å²) in [5.41, 5.74) is 9.36. The lowest BCUT2D eigenvalue weighted by Gasteiger charge is -2.10. The molecule has 2 N–H and O–H groups in total. The van der Waals surface area contributed by atoms with Crippen molar-refractivity contribution < 1.29 is 4.79 Å². The van der Waals surface area contributed by atoms with E-state index in [4.69, 9.17) is 0 Å². The summed E-state index contributed by atoms with van der Waals surface area (Å²) < 4.78 is 0. The molecule has 0 unspecified atom stereocenters. The molecule has 0 saturated heterocycles. The van der Waals surface area contributed by atoms with E-state index < -0.39 is 0 Å². The Morgan fingerprint density at radius 3 is 2.80 bits per heavy atom. The molecule has 2 rings (SSSR count). The molecule has 0 spiro atoms. The molecule has 0 radical (unpaired) electrons. The lowest BCUT2D eigenvalue weighted by molar-refractivity contribution is -0.121. The molecule has 0 atom stereocenters. The number of hydrazine groups is 1. The van der Waals surface area contributed by atoms with Gasteiger partial charge in [0.25, 0.3) is 0 Å². The second kappa shape index (κ2) is 7.73. The predicted molar refractivity (Wildman–Crippen MR) is 82.8 cm³/mol. The fourth-order valence-corrected chi connectivity index (χ4v) is 2.49. The zero-order valence-corrected chi connectivity index (χ0v) is 12.2. The average Bonchev–Trinajstić information content (AvgIpc) is 2.88. The van der Waals surface area contributed by atoms with E-state index in [1.54, 1.807) is 0 Å². The van der Waals surface area contributed by atoms with E-state index in [2.05, 4.69) is 36.0 Å². The van der Waals surface area contributed by atoms with Gasteiger partial charge in [0.15, 0.2) is 0 Å². The summed E-state index contributed by atoms with van der Waals surface area (Å²) in [6.07, 6.45) is 9.51. The maximum atomic E-state index is 11.7. The van der Waals surface area contributed by atoms with Crippen LogP contribution in [0.3, 0.4) is 0 Å². The van der Waals surface area contributed by atoms with Crippen molar-refractivity contribution in [3.63, 3.8) is 0 Å². The van der Waals surface area contributed by atoms with Crippen LogP contribution in [-0.2, 0) is 11.2 Å². The van der Waals surface area contributed by atoms with Crippen molar-refractivity contribution in [1.29, 1.82) is 0 Å². The van der Waals surface area contributed by atoms with Gasteiger partial charge >= 0.3 is 0 Å². The maximum absolute atomic E-state index is 11.7. The lowest BCUT2D eigenvalue weighted by atomic mass is 10.1. The molecular weight excluding hydrogens is 248 g/mol. The van der Waals surface area contributed by atoms with Crippen molar-refractivity contribution in [2.45, 2.75) is 51.9 Å². The van der Waals surface area contributed by atoms with Crippen LogP contribution < -0.4 is 10.9 Å². The van der Waals surface area contributed by atoms with Gasteiger partial charge in [-0.05, 0) is 18.4 Å². The number of carbonyl (C=O) groups is 1. The minimum Gasteiger partial charge on any atom is -0.298 e. The number of hydrogen-bond acceptors (Lipinski definition) is 2. The highest BCUT2D eigenvalue weighted by Gasteiger charge is 2.13. The van der Waals surface area contributed by atoms with Gasteiger partial charge in [0.05, 0.1) is 5.70 Å². The van der Waals surface area contributed by atoms with Crippen molar-refractivity contribution in [2.24, 2.45) is 0 Å². The van der Waals surface area contributed by atoms with Gasteiger partial charge in [0.2, 0.25) is 5.91 Å². The highest BCUT2D eigenvalue weighted by molar-refractivity contribution is 5.78. The van der Waals surface area contributed by atoms with E-state index in [0.717, 1.165) is 25.0 Å². The SMILES string of the molecule is CCCCCCCC(=O)NNC1=CCc2ccccc21. The monoisotopic (exact) mass is 272 g/mol. The van der Waals surface area contributed by atoms with Gasteiger partial charge in [-0.15, -0.1) is 0 Å². The first kappa shape index (κ1) is 14.6. The standard InChI is InChI=1S/C17H24N2O/c1-2-3-4-5-6-11-17(20)19-18-16-13-12-14-9-7-8-10-15(14)16/h7-10,13,18H,2-6,11-12H2,1H3,(H,19,20). The summed E-state index contributed by atoms with van der Waals surface area (Å²) in [4.78, 5) is 11.7. The van der Waals surface area contributed by atoms with E-state index in [1.165, 1.54) is 30.4 Å². The number of amides is 1. The van der Waals surface area contributed by atoms with Crippen molar-refractivity contribution >= 4 is 11.6 Å². The molecule has 0 heterocycles. The molecule has 0 aliphatic heterocycles. The topological polar surface area (TPSA) is 41.1 Å². The molecule has 3 heteroatoms. The van der Waals surface area contributed by atoms with Crippen LogP contribution in [-0.4, -0.2) is 5.91 Å². The van der Waals surface area contributed by atoms with E-state index >= 15 is 0 Å². The van der Waals surface area contributed by atoms with Gasteiger partial charge in [-0.2, -0.15) is 0 Å². The van der Waals surface area contributed by atoms with Crippen LogP contribution >= 0.6 is 0 Å². The number of rotatable bonds is 8. The third-order valence-electron chi connectivity index (χ3n) is 3.68. The van der Waals surface area contributed by atoms with Gasteiger partial charge in [-0.25, -0.2) is 0 Å². The normalized spacial score (nSPS) is 12.8. The molecule has 1 aliphatic carbocycles. The molecule has 1 amide bonds. The van der Waals surface area contributed by atoms with Gasteiger partial charge in [-0.3, -0.25) is 15.6 Å². The van der Waals surface area contributed by atoms with E-state index in [1.807, 2.05) is 12.1 Å². The third kappa shape index (κ3) is 4.12. The Bertz CT molecular complexity index is 480. The number of fused-ring (bicyclic) bond motifs is 1. The Morgan fingerprint density at radius 1 is 1.15 bits per heavy atom. The molecule has 1 aromatic rings. The van der Waals surface area contributed by atoms with Crippen molar-refractivity contribution in [1.82, 2.24) is 10.9 Å². The summed E-state index contributed by atoms with van der Waals surface area (Å²) in [6, 6.07) is 8.27. The molecule has 108 valence electrons. The van der Waals surface area contributed by atoms with Crippen LogP contribution in [0.4, 0.5) is 0 Å². The number of benzene rings is 1. The molecule has 0 aromatic heterocycles. The van der Waals surface area contributed by atoms with E-state index in [0.29, 0.717) is 6.42 Å². The first-order valence-electron chi connectivity index (χ1n) is 7.64. The first-order valence-corrected chi connectivity index (χ1v) is 7.64. The van der Waals surface area contributed by atoms with E-state index in [-0.39, 0.29) is 5.91 Å². The second-order valence-electron chi connectivity index (χ2n) is 5.32. The highest BCUT2D eigenvalue weighted by atomic mass is 16.2. The fourth-order valence-electron chi connectivity index (χ4n) is 2.49. The Balaban J connectivity index is 1.67. The summed E-state index contributed by atoms with van der Waals surface area (Å²) >= 11 is 0. The van der Waals surface area contributed by atoms with Gasteiger partial charge in [-0.1, -0.05) is 62.9 Å². The molecule has 0 fully saturated rings. The lowest BCUT2D eigenvalue weighted by Crippen LogP contribution is -2.35. The van der Waals surface area contributed by atoms with Crippen molar-refractivity contribution in [2.75, 3.05) is 0 Å². The minimum absolute atomic E-state index is 0.0757. The molecule has 0 bridgehead atoms. The van der Waals surface area contributed by atoms with Gasteiger partial charge < -0.3 is 0 Å². The summed E-state index contributed by atoms with van der Waals surface area (Å²) in [5.74, 6) is 0.0757. The van der Waals surface area contributed by atoms with E-state index in [9.17, 15) is 4.79 Å². The Kier molecular flexibility index (Phi) is 5.66. The van der Waals surface area contributed by atoms with Gasteiger partial charge in [0.1, 0.15) is 0 Å². The average molecular weight is 272 g/mol. The number of nitrogens with one attached hydrogen (secondary N) is 2. The second-order valence-corrected chi connectivity index (χ2v) is 5.32. The predicted octanol–water partition coefficient (Wildman–Crippen LogP) is 3.56. The first-order chi connectivity index (χ1) is 9.81. The number of unbranched alkanes of at least 4 members (excludes halogenated alkanes) is 4. The van der Waals surface area contributed by atoms with Crippen LogP contribution in [0.2, 0.25) is 0 Å². The summed E-state index contributed by atoms with van der Waals surface area (Å²) in [5, 5.41) is 0. The van der Waals surface area contributed by atoms with Gasteiger partial charge in [0, 0.05) is 12.0 Å². The molecule has 1 aromatic carbocycles. The summed E-state index contributed by atoms with van der Waals surface area (Å²) in [7, 11) is 0. The van der Waals surface area contributed by atoms with Crippen LogP contribution in [0, 0.1) is 0 Å².